The summed E-state index contributed by atoms with van der Waals surface area (Å²) in [5.41, 5.74) is 0. The normalized spacial score (nSPS) is 19.4. The standard InChI is InChI=1S/C9H18O3/c1-7(8(2)11)6-9(12)4-3-5-10/h3-4,7-12H,5-6H2,1-2H3/b4-3+/t7?,8-,9-/m1/s1. The van der Waals surface area contributed by atoms with E-state index in [2.05, 4.69) is 0 Å². The number of hydrogen-bond acceptors (Lipinski definition) is 3. The zero-order valence-electron chi connectivity index (χ0n) is 7.64. The molecule has 0 aliphatic heterocycles. The average Bonchev–Trinajstić information content (AvgIpc) is 2.00. The molecule has 3 heteroatoms. The van der Waals surface area contributed by atoms with Crippen molar-refractivity contribution in [1.29, 1.82) is 0 Å². The molecular formula is C9H18O3. The Bertz CT molecular complexity index is 132. The van der Waals surface area contributed by atoms with Crippen LogP contribution in [-0.2, 0) is 0 Å². The van der Waals surface area contributed by atoms with Gasteiger partial charge in [0, 0.05) is 0 Å². The minimum Gasteiger partial charge on any atom is -0.393 e. The highest BCUT2D eigenvalue weighted by molar-refractivity contribution is 4.89. The van der Waals surface area contributed by atoms with Crippen LogP contribution < -0.4 is 0 Å². The van der Waals surface area contributed by atoms with E-state index in [4.69, 9.17) is 10.2 Å². The van der Waals surface area contributed by atoms with Gasteiger partial charge in [-0.25, -0.2) is 0 Å². The molecule has 3 nitrogen and oxygen atoms in total. The van der Waals surface area contributed by atoms with Gasteiger partial charge in [-0.05, 0) is 19.3 Å². The van der Waals surface area contributed by atoms with E-state index < -0.39 is 12.2 Å². The number of aliphatic hydroxyl groups excluding tert-OH is 3. The molecule has 72 valence electrons. The van der Waals surface area contributed by atoms with E-state index in [-0.39, 0.29) is 12.5 Å². The Labute approximate surface area is 73.4 Å². The Hall–Kier alpha value is -0.380. The number of rotatable bonds is 5. The van der Waals surface area contributed by atoms with Gasteiger partial charge in [-0.1, -0.05) is 19.1 Å². The van der Waals surface area contributed by atoms with Crippen LogP contribution in [0.1, 0.15) is 20.3 Å². The second-order valence-corrected chi connectivity index (χ2v) is 3.13. The van der Waals surface area contributed by atoms with Crippen molar-refractivity contribution >= 4 is 0 Å². The molecule has 0 aromatic heterocycles. The summed E-state index contributed by atoms with van der Waals surface area (Å²) in [6.45, 7) is 3.52. The summed E-state index contributed by atoms with van der Waals surface area (Å²) in [5, 5.41) is 26.8. The third-order valence-electron chi connectivity index (χ3n) is 1.90. The zero-order chi connectivity index (χ0) is 9.56. The van der Waals surface area contributed by atoms with Crippen molar-refractivity contribution in [3.05, 3.63) is 12.2 Å². The highest BCUT2D eigenvalue weighted by atomic mass is 16.3. The van der Waals surface area contributed by atoms with E-state index in [0.717, 1.165) is 0 Å². The van der Waals surface area contributed by atoms with Gasteiger partial charge < -0.3 is 15.3 Å². The van der Waals surface area contributed by atoms with Crippen LogP contribution in [0.2, 0.25) is 0 Å². The van der Waals surface area contributed by atoms with Crippen molar-refractivity contribution in [3.8, 4) is 0 Å². The van der Waals surface area contributed by atoms with Crippen LogP contribution in [0, 0.1) is 5.92 Å². The van der Waals surface area contributed by atoms with Crippen molar-refractivity contribution in [2.24, 2.45) is 5.92 Å². The third-order valence-corrected chi connectivity index (χ3v) is 1.90. The minimum absolute atomic E-state index is 0.0554. The van der Waals surface area contributed by atoms with Gasteiger partial charge in [0.1, 0.15) is 0 Å². The van der Waals surface area contributed by atoms with E-state index in [1.807, 2.05) is 6.92 Å². The molecular weight excluding hydrogens is 156 g/mol. The first-order valence-corrected chi connectivity index (χ1v) is 4.21. The molecule has 0 fully saturated rings. The molecule has 0 heterocycles. The van der Waals surface area contributed by atoms with Crippen LogP contribution >= 0.6 is 0 Å². The summed E-state index contributed by atoms with van der Waals surface area (Å²) >= 11 is 0. The molecule has 0 rings (SSSR count). The Kier molecular flexibility index (Phi) is 5.98. The Morgan fingerprint density at radius 2 is 1.83 bits per heavy atom. The zero-order valence-corrected chi connectivity index (χ0v) is 7.64. The smallest absolute Gasteiger partial charge is 0.0725 e. The predicted molar refractivity (Wildman–Crippen MR) is 47.7 cm³/mol. The molecule has 1 unspecified atom stereocenters. The van der Waals surface area contributed by atoms with Crippen LogP contribution in [0.4, 0.5) is 0 Å². The van der Waals surface area contributed by atoms with Crippen LogP contribution in [0.5, 0.6) is 0 Å². The highest BCUT2D eigenvalue weighted by Gasteiger charge is 2.11. The van der Waals surface area contributed by atoms with Crippen molar-refractivity contribution in [1.82, 2.24) is 0 Å². The summed E-state index contributed by atoms with van der Waals surface area (Å²) < 4.78 is 0. The van der Waals surface area contributed by atoms with Crippen molar-refractivity contribution in [3.63, 3.8) is 0 Å². The first kappa shape index (κ1) is 11.6. The van der Waals surface area contributed by atoms with Crippen LogP contribution in [0.15, 0.2) is 12.2 Å². The SMILES string of the molecule is CC(C[C@H](O)/C=C/CO)[C@@H](C)O. The molecule has 0 saturated carbocycles. The fourth-order valence-electron chi connectivity index (χ4n) is 0.874. The van der Waals surface area contributed by atoms with E-state index >= 15 is 0 Å². The van der Waals surface area contributed by atoms with Crippen LogP contribution in [0.25, 0.3) is 0 Å². The topological polar surface area (TPSA) is 60.7 Å². The van der Waals surface area contributed by atoms with Gasteiger partial charge in [-0.15, -0.1) is 0 Å². The lowest BCUT2D eigenvalue weighted by Crippen LogP contribution is -2.18. The van der Waals surface area contributed by atoms with Gasteiger partial charge in [0.15, 0.2) is 0 Å². The second-order valence-electron chi connectivity index (χ2n) is 3.13. The number of hydrogen-bond donors (Lipinski definition) is 3. The fraction of sp³-hybridized carbons (Fsp3) is 0.778. The van der Waals surface area contributed by atoms with Crippen LogP contribution in [0.3, 0.4) is 0 Å². The monoisotopic (exact) mass is 174 g/mol. The number of aliphatic hydroxyl groups is 3. The summed E-state index contributed by atoms with van der Waals surface area (Å²) in [6.07, 6.45) is 2.59. The Morgan fingerprint density at radius 1 is 1.25 bits per heavy atom. The Balaban J connectivity index is 3.68. The first-order chi connectivity index (χ1) is 5.57. The van der Waals surface area contributed by atoms with Crippen molar-refractivity contribution < 1.29 is 15.3 Å². The average molecular weight is 174 g/mol. The lowest BCUT2D eigenvalue weighted by atomic mass is 9.98. The molecule has 3 atom stereocenters. The van der Waals surface area contributed by atoms with E-state index in [9.17, 15) is 5.11 Å². The molecule has 12 heavy (non-hydrogen) atoms. The lowest BCUT2D eigenvalue weighted by molar-refractivity contribution is 0.0968. The third kappa shape index (κ3) is 5.29. The molecule has 0 amide bonds. The molecule has 0 saturated heterocycles. The summed E-state index contributed by atoms with van der Waals surface area (Å²) in [6, 6.07) is 0. The molecule has 0 aliphatic rings. The van der Waals surface area contributed by atoms with E-state index in [1.54, 1.807) is 13.0 Å². The summed E-state index contributed by atoms with van der Waals surface area (Å²) in [5.74, 6) is 0.0725. The second kappa shape index (κ2) is 6.17. The maximum atomic E-state index is 9.29. The molecule has 0 aliphatic carbocycles. The van der Waals surface area contributed by atoms with Crippen LogP contribution in [-0.4, -0.2) is 34.1 Å². The van der Waals surface area contributed by atoms with Gasteiger partial charge in [0.2, 0.25) is 0 Å². The van der Waals surface area contributed by atoms with Gasteiger partial charge >= 0.3 is 0 Å². The van der Waals surface area contributed by atoms with Gasteiger partial charge in [-0.2, -0.15) is 0 Å². The minimum atomic E-state index is -0.568. The maximum absolute atomic E-state index is 9.29. The first-order valence-electron chi connectivity index (χ1n) is 4.21. The maximum Gasteiger partial charge on any atom is 0.0725 e. The molecule has 0 aromatic carbocycles. The summed E-state index contributed by atoms with van der Waals surface area (Å²) in [4.78, 5) is 0. The lowest BCUT2D eigenvalue weighted by Gasteiger charge is -2.16. The van der Waals surface area contributed by atoms with Crippen molar-refractivity contribution in [2.75, 3.05) is 6.61 Å². The molecule has 0 bridgehead atoms. The van der Waals surface area contributed by atoms with E-state index in [1.165, 1.54) is 6.08 Å². The van der Waals surface area contributed by atoms with Crippen molar-refractivity contribution in [2.45, 2.75) is 32.5 Å². The molecule has 3 N–H and O–H groups in total. The molecule has 0 aromatic rings. The Morgan fingerprint density at radius 3 is 2.25 bits per heavy atom. The largest absolute Gasteiger partial charge is 0.393 e. The van der Waals surface area contributed by atoms with Gasteiger partial charge in [0.25, 0.3) is 0 Å². The molecule has 0 spiro atoms. The van der Waals surface area contributed by atoms with Gasteiger partial charge in [0.05, 0.1) is 18.8 Å². The predicted octanol–water partition coefficient (Wildman–Crippen LogP) is 0.303. The van der Waals surface area contributed by atoms with E-state index in [0.29, 0.717) is 6.42 Å². The quantitative estimate of drug-likeness (QED) is 0.525. The summed E-state index contributed by atoms with van der Waals surface area (Å²) in [7, 11) is 0. The highest BCUT2D eigenvalue weighted by Crippen LogP contribution is 2.11. The fourth-order valence-corrected chi connectivity index (χ4v) is 0.874. The van der Waals surface area contributed by atoms with Gasteiger partial charge in [-0.3, -0.25) is 0 Å². The molecule has 0 radical (unpaired) electrons.